The molecule has 10 heteroatoms. The minimum absolute atomic E-state index is 0.0346. The van der Waals surface area contributed by atoms with Crippen molar-refractivity contribution in [3.8, 4) is 0 Å². The number of rotatable bonds is 7. The SMILES string of the molecule is CCOC1CCCN(C(=O)c2ccc(NS(=O)(=O)c3ccc(C)c([N+](=O)[O-])c3)cc2)C1. The summed E-state index contributed by atoms with van der Waals surface area (Å²) in [5.74, 6) is -0.132. The maximum atomic E-state index is 12.8. The van der Waals surface area contributed by atoms with E-state index >= 15 is 0 Å². The summed E-state index contributed by atoms with van der Waals surface area (Å²) in [5, 5.41) is 11.1. The molecular formula is C21H25N3O6S. The molecule has 31 heavy (non-hydrogen) atoms. The van der Waals surface area contributed by atoms with Gasteiger partial charge in [-0.1, -0.05) is 6.07 Å². The van der Waals surface area contributed by atoms with E-state index in [1.807, 2.05) is 6.92 Å². The van der Waals surface area contributed by atoms with Gasteiger partial charge in [0.1, 0.15) is 0 Å². The number of aryl methyl sites for hydroxylation is 1. The predicted octanol–water partition coefficient (Wildman–Crippen LogP) is 3.35. The number of sulfonamides is 1. The summed E-state index contributed by atoms with van der Waals surface area (Å²) in [5.41, 5.74) is 0.809. The number of carbonyl (C=O) groups excluding carboxylic acids is 1. The van der Waals surface area contributed by atoms with Crippen molar-refractivity contribution in [3.63, 3.8) is 0 Å². The Morgan fingerprint density at radius 3 is 2.61 bits per heavy atom. The van der Waals surface area contributed by atoms with E-state index in [1.54, 1.807) is 17.0 Å². The van der Waals surface area contributed by atoms with Crippen molar-refractivity contribution in [2.45, 2.75) is 37.7 Å². The number of hydrogen-bond donors (Lipinski definition) is 1. The summed E-state index contributed by atoms with van der Waals surface area (Å²) in [7, 11) is -4.02. The van der Waals surface area contributed by atoms with Crippen molar-refractivity contribution >= 4 is 27.3 Å². The summed E-state index contributed by atoms with van der Waals surface area (Å²) in [6.45, 7) is 5.26. The molecule has 1 saturated heterocycles. The van der Waals surface area contributed by atoms with Gasteiger partial charge in [0.15, 0.2) is 0 Å². The van der Waals surface area contributed by atoms with Crippen molar-refractivity contribution in [1.82, 2.24) is 4.90 Å². The largest absolute Gasteiger partial charge is 0.377 e. The van der Waals surface area contributed by atoms with E-state index in [0.29, 0.717) is 30.8 Å². The molecule has 1 unspecified atom stereocenters. The van der Waals surface area contributed by atoms with Gasteiger partial charge in [0.05, 0.1) is 15.9 Å². The van der Waals surface area contributed by atoms with E-state index in [-0.39, 0.29) is 28.3 Å². The molecule has 3 rings (SSSR count). The van der Waals surface area contributed by atoms with Crippen LogP contribution in [0, 0.1) is 17.0 Å². The lowest BCUT2D eigenvalue weighted by Gasteiger charge is -2.32. The number of ether oxygens (including phenoxy) is 1. The van der Waals surface area contributed by atoms with Crippen molar-refractivity contribution in [2.75, 3.05) is 24.4 Å². The second-order valence-corrected chi connectivity index (χ2v) is 9.04. The molecule has 1 fully saturated rings. The zero-order valence-electron chi connectivity index (χ0n) is 17.4. The lowest BCUT2D eigenvalue weighted by atomic mass is 10.1. The first-order chi connectivity index (χ1) is 14.7. The lowest BCUT2D eigenvalue weighted by Crippen LogP contribution is -2.43. The first-order valence-corrected chi connectivity index (χ1v) is 11.5. The van der Waals surface area contributed by atoms with Crippen molar-refractivity contribution in [1.29, 1.82) is 0 Å². The fourth-order valence-electron chi connectivity index (χ4n) is 3.52. The highest BCUT2D eigenvalue weighted by Crippen LogP contribution is 2.24. The zero-order chi connectivity index (χ0) is 22.6. The summed E-state index contributed by atoms with van der Waals surface area (Å²) >= 11 is 0. The number of anilines is 1. The Hall–Kier alpha value is -2.98. The highest BCUT2D eigenvalue weighted by Gasteiger charge is 2.25. The molecule has 1 amide bonds. The van der Waals surface area contributed by atoms with E-state index in [9.17, 15) is 23.3 Å². The molecule has 9 nitrogen and oxygen atoms in total. The Bertz CT molecular complexity index is 1070. The molecular weight excluding hydrogens is 422 g/mol. The Balaban J connectivity index is 1.72. The molecule has 0 aliphatic carbocycles. The highest BCUT2D eigenvalue weighted by molar-refractivity contribution is 7.92. The van der Waals surface area contributed by atoms with E-state index in [2.05, 4.69) is 4.72 Å². The molecule has 166 valence electrons. The lowest BCUT2D eigenvalue weighted by molar-refractivity contribution is -0.385. The third-order valence-electron chi connectivity index (χ3n) is 5.14. The van der Waals surface area contributed by atoms with Crippen LogP contribution in [0.4, 0.5) is 11.4 Å². The number of nitrogens with zero attached hydrogens (tertiary/aromatic N) is 2. The van der Waals surface area contributed by atoms with Gasteiger partial charge in [-0.05, 0) is 57.0 Å². The quantitative estimate of drug-likeness (QED) is 0.514. The van der Waals surface area contributed by atoms with Crippen LogP contribution in [0.1, 0.15) is 35.7 Å². The number of hydrogen-bond acceptors (Lipinski definition) is 6. The summed E-state index contributed by atoms with van der Waals surface area (Å²) in [4.78, 5) is 24.8. The number of benzene rings is 2. The molecule has 0 bridgehead atoms. The minimum Gasteiger partial charge on any atom is -0.377 e. The number of carbonyl (C=O) groups is 1. The Morgan fingerprint density at radius 2 is 1.97 bits per heavy atom. The third kappa shape index (κ3) is 5.39. The van der Waals surface area contributed by atoms with Crippen LogP contribution in [0.15, 0.2) is 47.4 Å². The molecule has 2 aromatic rings. The Morgan fingerprint density at radius 1 is 1.26 bits per heavy atom. The van der Waals surface area contributed by atoms with Gasteiger partial charge in [-0.3, -0.25) is 19.6 Å². The molecule has 1 heterocycles. The number of likely N-dealkylation sites (tertiary alicyclic amines) is 1. The maximum absolute atomic E-state index is 12.8. The normalized spacial score (nSPS) is 16.7. The molecule has 0 aromatic heterocycles. The summed E-state index contributed by atoms with van der Waals surface area (Å²) < 4.78 is 33.3. The number of piperidine rings is 1. The zero-order valence-corrected chi connectivity index (χ0v) is 18.2. The monoisotopic (exact) mass is 447 g/mol. The van der Waals surface area contributed by atoms with Crippen molar-refractivity contribution in [2.24, 2.45) is 0 Å². The molecule has 1 aliphatic rings. The van der Waals surface area contributed by atoms with Crippen LogP contribution in [-0.2, 0) is 14.8 Å². The standard InChI is InChI=1S/C21H25N3O6S/c1-3-30-18-5-4-12-23(14-18)21(25)16-7-9-17(10-8-16)22-31(28,29)19-11-6-15(2)20(13-19)24(26)27/h6-11,13,18,22H,3-5,12,14H2,1-2H3. The van der Waals surface area contributed by atoms with Gasteiger partial charge in [-0.15, -0.1) is 0 Å². The number of nitro benzene ring substituents is 1. The second kappa shape index (κ2) is 9.44. The van der Waals surface area contributed by atoms with Gasteiger partial charge in [0.25, 0.3) is 21.6 Å². The van der Waals surface area contributed by atoms with Gasteiger partial charge >= 0.3 is 0 Å². The number of nitro groups is 1. The van der Waals surface area contributed by atoms with E-state index in [4.69, 9.17) is 4.74 Å². The molecule has 0 radical (unpaired) electrons. The number of nitrogens with one attached hydrogen (secondary N) is 1. The minimum atomic E-state index is -4.02. The van der Waals surface area contributed by atoms with Gasteiger partial charge in [-0.25, -0.2) is 8.42 Å². The van der Waals surface area contributed by atoms with Crippen LogP contribution in [-0.4, -0.2) is 49.9 Å². The van der Waals surface area contributed by atoms with Crippen LogP contribution >= 0.6 is 0 Å². The van der Waals surface area contributed by atoms with Crippen molar-refractivity contribution in [3.05, 3.63) is 63.7 Å². The van der Waals surface area contributed by atoms with Gasteiger partial charge < -0.3 is 9.64 Å². The first kappa shape index (κ1) is 22.7. The summed E-state index contributed by atoms with van der Waals surface area (Å²) in [6.07, 6.45) is 1.83. The Kier molecular flexibility index (Phi) is 6.91. The van der Waals surface area contributed by atoms with Gasteiger partial charge in [-0.2, -0.15) is 0 Å². The van der Waals surface area contributed by atoms with Crippen molar-refractivity contribution < 1.29 is 22.9 Å². The summed E-state index contributed by atoms with van der Waals surface area (Å²) in [6, 6.07) is 9.84. The van der Waals surface area contributed by atoms with Crippen LogP contribution in [0.25, 0.3) is 0 Å². The predicted molar refractivity (Wildman–Crippen MR) is 116 cm³/mol. The number of amides is 1. The van der Waals surface area contributed by atoms with Crippen LogP contribution < -0.4 is 4.72 Å². The topological polar surface area (TPSA) is 119 Å². The molecule has 1 atom stereocenters. The maximum Gasteiger partial charge on any atom is 0.273 e. The third-order valence-corrected chi connectivity index (χ3v) is 6.52. The van der Waals surface area contributed by atoms with Gasteiger partial charge in [0.2, 0.25) is 0 Å². The second-order valence-electron chi connectivity index (χ2n) is 7.36. The molecule has 2 aromatic carbocycles. The molecule has 0 spiro atoms. The van der Waals surface area contributed by atoms with E-state index < -0.39 is 14.9 Å². The average molecular weight is 448 g/mol. The van der Waals surface area contributed by atoms with Crippen LogP contribution in [0.5, 0.6) is 0 Å². The Labute approximate surface area is 181 Å². The molecule has 1 N–H and O–H groups in total. The molecule has 0 saturated carbocycles. The highest BCUT2D eigenvalue weighted by atomic mass is 32.2. The van der Waals surface area contributed by atoms with Gasteiger partial charge in [0, 0.05) is 42.6 Å². The van der Waals surface area contributed by atoms with E-state index in [0.717, 1.165) is 18.9 Å². The first-order valence-electron chi connectivity index (χ1n) is 10.00. The fourth-order valence-corrected chi connectivity index (χ4v) is 4.60. The van der Waals surface area contributed by atoms with Crippen LogP contribution in [0.2, 0.25) is 0 Å². The fraction of sp³-hybridized carbons (Fsp3) is 0.381. The smallest absolute Gasteiger partial charge is 0.273 e. The van der Waals surface area contributed by atoms with Crippen LogP contribution in [0.3, 0.4) is 0 Å². The molecule has 1 aliphatic heterocycles. The average Bonchev–Trinajstić information content (AvgIpc) is 2.74. The van der Waals surface area contributed by atoms with E-state index in [1.165, 1.54) is 31.2 Å².